The SMILES string of the molecule is CC1CCCNC1C(=O)N(CC#N)CC#N. The molecule has 0 radical (unpaired) electrons. The van der Waals surface area contributed by atoms with Gasteiger partial charge in [0.05, 0.1) is 18.2 Å². The summed E-state index contributed by atoms with van der Waals surface area (Å²) in [5.74, 6) is 0.136. The minimum atomic E-state index is -0.240. The maximum absolute atomic E-state index is 12.0. The van der Waals surface area contributed by atoms with Gasteiger partial charge >= 0.3 is 0 Å². The van der Waals surface area contributed by atoms with Crippen molar-refractivity contribution < 1.29 is 4.79 Å². The van der Waals surface area contributed by atoms with Gasteiger partial charge in [0.15, 0.2) is 0 Å². The summed E-state index contributed by atoms with van der Waals surface area (Å²) >= 11 is 0. The first-order chi connectivity index (χ1) is 7.70. The van der Waals surface area contributed by atoms with E-state index in [4.69, 9.17) is 10.5 Å². The molecule has 1 fully saturated rings. The zero-order chi connectivity index (χ0) is 12.0. The Morgan fingerprint density at radius 2 is 2.06 bits per heavy atom. The largest absolute Gasteiger partial charge is 0.315 e. The molecule has 16 heavy (non-hydrogen) atoms. The molecular weight excluding hydrogens is 204 g/mol. The summed E-state index contributed by atoms with van der Waals surface area (Å²) < 4.78 is 0. The van der Waals surface area contributed by atoms with E-state index in [-0.39, 0.29) is 31.0 Å². The van der Waals surface area contributed by atoms with Crippen LogP contribution < -0.4 is 5.32 Å². The molecule has 0 aliphatic carbocycles. The third-order valence-electron chi connectivity index (χ3n) is 2.87. The molecule has 0 spiro atoms. The molecule has 1 N–H and O–H groups in total. The van der Waals surface area contributed by atoms with Crippen LogP contribution in [-0.2, 0) is 4.79 Å². The molecule has 1 heterocycles. The summed E-state index contributed by atoms with van der Waals surface area (Å²) in [5, 5.41) is 20.4. The minimum Gasteiger partial charge on any atom is -0.315 e. The predicted octanol–water partition coefficient (Wildman–Crippen LogP) is 0.250. The maximum atomic E-state index is 12.0. The van der Waals surface area contributed by atoms with Gasteiger partial charge in [-0.05, 0) is 25.3 Å². The lowest BCUT2D eigenvalue weighted by molar-refractivity contribution is -0.134. The van der Waals surface area contributed by atoms with Gasteiger partial charge in [0.2, 0.25) is 5.91 Å². The molecule has 5 heteroatoms. The second kappa shape index (κ2) is 6.09. The summed E-state index contributed by atoms with van der Waals surface area (Å²) in [6.45, 7) is 2.81. The number of rotatable bonds is 3. The number of hydrogen-bond donors (Lipinski definition) is 1. The fourth-order valence-electron chi connectivity index (χ4n) is 1.96. The van der Waals surface area contributed by atoms with Gasteiger partial charge in [-0.3, -0.25) is 4.79 Å². The summed E-state index contributed by atoms with van der Waals surface area (Å²) in [4.78, 5) is 13.4. The van der Waals surface area contributed by atoms with Crippen LogP contribution in [0, 0.1) is 28.6 Å². The summed E-state index contributed by atoms with van der Waals surface area (Å²) in [6, 6.07) is 3.59. The molecule has 1 aliphatic rings. The average Bonchev–Trinajstić information content (AvgIpc) is 2.28. The Kier molecular flexibility index (Phi) is 4.75. The van der Waals surface area contributed by atoms with Crippen LogP contribution in [0.1, 0.15) is 19.8 Å². The van der Waals surface area contributed by atoms with Gasteiger partial charge < -0.3 is 10.2 Å². The predicted molar refractivity (Wildman–Crippen MR) is 58.0 cm³/mol. The molecule has 2 unspecified atom stereocenters. The Balaban J connectivity index is 2.66. The number of nitrogens with zero attached hydrogens (tertiary/aromatic N) is 3. The highest BCUT2D eigenvalue weighted by Crippen LogP contribution is 2.17. The van der Waals surface area contributed by atoms with Crippen LogP contribution >= 0.6 is 0 Å². The second-order valence-corrected chi connectivity index (χ2v) is 4.06. The van der Waals surface area contributed by atoms with Crippen molar-refractivity contribution in [3.8, 4) is 12.1 Å². The van der Waals surface area contributed by atoms with E-state index < -0.39 is 0 Å². The van der Waals surface area contributed by atoms with E-state index in [1.54, 1.807) is 0 Å². The van der Waals surface area contributed by atoms with Crippen molar-refractivity contribution in [3.63, 3.8) is 0 Å². The number of carbonyl (C=O) groups excluding carboxylic acids is 1. The van der Waals surface area contributed by atoms with Crippen LogP contribution in [0.3, 0.4) is 0 Å². The Bertz CT molecular complexity index is 312. The normalized spacial score (nSPS) is 24.2. The molecule has 2 atom stereocenters. The standard InChI is InChI=1S/C11H16N4O/c1-9-3-2-6-14-10(9)11(16)15(7-4-12)8-5-13/h9-10,14H,2-3,6-8H2,1H3. The average molecular weight is 220 g/mol. The maximum Gasteiger partial charge on any atom is 0.241 e. The molecule has 0 aromatic rings. The molecule has 86 valence electrons. The topological polar surface area (TPSA) is 79.9 Å². The van der Waals surface area contributed by atoms with Crippen molar-refractivity contribution in [1.29, 1.82) is 10.5 Å². The van der Waals surface area contributed by atoms with E-state index in [1.807, 2.05) is 19.1 Å². The first-order valence-corrected chi connectivity index (χ1v) is 5.46. The fraction of sp³-hybridized carbons (Fsp3) is 0.727. The quantitative estimate of drug-likeness (QED) is 0.691. The molecule has 1 amide bonds. The number of amides is 1. The Morgan fingerprint density at radius 1 is 1.44 bits per heavy atom. The third kappa shape index (κ3) is 2.95. The van der Waals surface area contributed by atoms with Crippen molar-refractivity contribution in [2.45, 2.75) is 25.8 Å². The van der Waals surface area contributed by atoms with Crippen molar-refractivity contribution in [3.05, 3.63) is 0 Å². The lowest BCUT2D eigenvalue weighted by Gasteiger charge is -2.32. The molecule has 0 aromatic heterocycles. The fourth-order valence-corrected chi connectivity index (χ4v) is 1.96. The van der Waals surface area contributed by atoms with Crippen LogP contribution in [0.2, 0.25) is 0 Å². The van der Waals surface area contributed by atoms with Crippen molar-refractivity contribution in [2.75, 3.05) is 19.6 Å². The lowest BCUT2D eigenvalue weighted by Crippen LogP contribution is -2.52. The molecule has 0 bridgehead atoms. The van der Waals surface area contributed by atoms with Gasteiger partial charge in [-0.1, -0.05) is 6.92 Å². The zero-order valence-corrected chi connectivity index (χ0v) is 9.44. The van der Waals surface area contributed by atoms with Crippen molar-refractivity contribution in [1.82, 2.24) is 10.2 Å². The Morgan fingerprint density at radius 3 is 2.56 bits per heavy atom. The first kappa shape index (κ1) is 12.5. The molecule has 1 saturated heterocycles. The highest BCUT2D eigenvalue weighted by Gasteiger charge is 2.30. The molecule has 0 saturated carbocycles. The lowest BCUT2D eigenvalue weighted by atomic mass is 9.92. The Labute approximate surface area is 95.6 Å². The number of nitrogens with one attached hydrogen (secondary N) is 1. The smallest absolute Gasteiger partial charge is 0.241 e. The van der Waals surface area contributed by atoms with E-state index in [0.717, 1.165) is 19.4 Å². The van der Waals surface area contributed by atoms with Crippen LogP contribution in [0.5, 0.6) is 0 Å². The van der Waals surface area contributed by atoms with Gasteiger partial charge in [-0.15, -0.1) is 0 Å². The van der Waals surface area contributed by atoms with E-state index in [9.17, 15) is 4.79 Å². The van der Waals surface area contributed by atoms with Crippen LogP contribution in [0.15, 0.2) is 0 Å². The number of hydrogen-bond acceptors (Lipinski definition) is 4. The molecule has 0 aromatic carbocycles. The van der Waals surface area contributed by atoms with E-state index in [0.29, 0.717) is 0 Å². The molecule has 5 nitrogen and oxygen atoms in total. The van der Waals surface area contributed by atoms with Gasteiger partial charge in [0, 0.05) is 0 Å². The summed E-state index contributed by atoms with van der Waals surface area (Å²) in [6.07, 6.45) is 2.08. The van der Waals surface area contributed by atoms with Crippen LogP contribution in [0.25, 0.3) is 0 Å². The number of nitriles is 2. The summed E-state index contributed by atoms with van der Waals surface area (Å²) in [7, 11) is 0. The Hall–Kier alpha value is -1.59. The first-order valence-electron chi connectivity index (χ1n) is 5.46. The van der Waals surface area contributed by atoms with Gasteiger partial charge in [-0.2, -0.15) is 10.5 Å². The van der Waals surface area contributed by atoms with Crippen molar-refractivity contribution >= 4 is 5.91 Å². The second-order valence-electron chi connectivity index (χ2n) is 4.06. The third-order valence-corrected chi connectivity index (χ3v) is 2.87. The van der Waals surface area contributed by atoms with Crippen LogP contribution in [0.4, 0.5) is 0 Å². The number of carbonyl (C=O) groups is 1. The van der Waals surface area contributed by atoms with E-state index in [2.05, 4.69) is 5.32 Å². The highest BCUT2D eigenvalue weighted by atomic mass is 16.2. The zero-order valence-electron chi connectivity index (χ0n) is 9.44. The highest BCUT2D eigenvalue weighted by molar-refractivity contribution is 5.82. The minimum absolute atomic E-state index is 0.0166. The molecular formula is C11H16N4O. The van der Waals surface area contributed by atoms with Gasteiger partial charge in [0.25, 0.3) is 0 Å². The van der Waals surface area contributed by atoms with E-state index in [1.165, 1.54) is 4.90 Å². The van der Waals surface area contributed by atoms with Crippen LogP contribution in [-0.4, -0.2) is 36.5 Å². The molecule has 1 rings (SSSR count). The monoisotopic (exact) mass is 220 g/mol. The van der Waals surface area contributed by atoms with E-state index >= 15 is 0 Å². The molecule has 1 aliphatic heterocycles. The summed E-state index contributed by atoms with van der Waals surface area (Å²) in [5.41, 5.74) is 0. The number of piperidine rings is 1. The van der Waals surface area contributed by atoms with Crippen molar-refractivity contribution in [2.24, 2.45) is 5.92 Å². The van der Waals surface area contributed by atoms with Gasteiger partial charge in [-0.25, -0.2) is 0 Å². The van der Waals surface area contributed by atoms with Gasteiger partial charge in [0.1, 0.15) is 13.1 Å².